The Balaban J connectivity index is 1.68. The Morgan fingerprint density at radius 3 is 2.94 bits per heavy atom. The van der Waals surface area contributed by atoms with Crippen molar-refractivity contribution in [1.29, 1.82) is 0 Å². The zero-order valence-corrected chi connectivity index (χ0v) is 9.48. The fraction of sp³-hybridized carbons (Fsp3) is 0.818. The lowest BCUT2D eigenvalue weighted by Crippen LogP contribution is -2.16. The van der Waals surface area contributed by atoms with Crippen LogP contribution in [-0.2, 0) is 4.74 Å². The van der Waals surface area contributed by atoms with E-state index in [0.717, 1.165) is 24.7 Å². The van der Waals surface area contributed by atoms with Gasteiger partial charge in [-0.15, -0.1) is 0 Å². The van der Waals surface area contributed by atoms with Crippen LogP contribution in [0, 0.1) is 0 Å². The van der Waals surface area contributed by atoms with E-state index in [4.69, 9.17) is 9.26 Å². The molecule has 1 saturated carbocycles. The molecule has 0 amide bonds. The third-order valence-electron chi connectivity index (χ3n) is 3.65. The van der Waals surface area contributed by atoms with Gasteiger partial charge in [0.1, 0.15) is 0 Å². The van der Waals surface area contributed by atoms with Gasteiger partial charge in [-0.2, -0.15) is 4.98 Å². The maximum atomic E-state index is 5.32. The SMILES string of the molecule is CO[C@@H]1CN[C@@H](c2nc(C3CCC3)no2)C1. The molecule has 16 heavy (non-hydrogen) atoms. The molecule has 1 aliphatic heterocycles. The minimum Gasteiger partial charge on any atom is -0.380 e. The van der Waals surface area contributed by atoms with Gasteiger partial charge in [0.05, 0.1) is 12.1 Å². The summed E-state index contributed by atoms with van der Waals surface area (Å²) in [5.74, 6) is 2.16. The molecule has 0 aromatic carbocycles. The third kappa shape index (κ3) is 1.74. The molecule has 2 aliphatic rings. The molecule has 0 bridgehead atoms. The molecule has 2 fully saturated rings. The van der Waals surface area contributed by atoms with Crippen molar-refractivity contribution in [3.8, 4) is 0 Å². The summed E-state index contributed by atoms with van der Waals surface area (Å²) >= 11 is 0. The second-order valence-corrected chi connectivity index (χ2v) is 4.67. The molecule has 0 spiro atoms. The summed E-state index contributed by atoms with van der Waals surface area (Å²) in [6, 6.07) is 0.172. The second-order valence-electron chi connectivity index (χ2n) is 4.67. The van der Waals surface area contributed by atoms with Crippen LogP contribution in [0.1, 0.15) is 49.4 Å². The first kappa shape index (κ1) is 10.2. The van der Waals surface area contributed by atoms with Crippen LogP contribution in [0.2, 0.25) is 0 Å². The largest absolute Gasteiger partial charge is 0.380 e. The van der Waals surface area contributed by atoms with Crippen LogP contribution in [0.25, 0.3) is 0 Å². The Kier molecular flexibility index (Phi) is 2.65. The second kappa shape index (κ2) is 4.14. The smallest absolute Gasteiger partial charge is 0.243 e. The number of nitrogens with zero attached hydrogens (tertiary/aromatic N) is 2. The maximum absolute atomic E-state index is 5.32. The van der Waals surface area contributed by atoms with Crippen molar-refractivity contribution in [2.24, 2.45) is 0 Å². The predicted molar refractivity (Wildman–Crippen MR) is 57.0 cm³/mol. The maximum Gasteiger partial charge on any atom is 0.243 e. The zero-order valence-electron chi connectivity index (χ0n) is 9.48. The van der Waals surface area contributed by atoms with E-state index in [1.54, 1.807) is 7.11 Å². The Morgan fingerprint density at radius 2 is 2.31 bits per heavy atom. The van der Waals surface area contributed by atoms with E-state index >= 15 is 0 Å². The highest BCUT2D eigenvalue weighted by molar-refractivity contribution is 5.03. The van der Waals surface area contributed by atoms with E-state index in [2.05, 4.69) is 15.5 Å². The average molecular weight is 223 g/mol. The molecule has 2 heterocycles. The highest BCUT2D eigenvalue weighted by atomic mass is 16.5. The van der Waals surface area contributed by atoms with Crippen molar-refractivity contribution in [1.82, 2.24) is 15.5 Å². The summed E-state index contributed by atoms with van der Waals surface area (Å²) in [7, 11) is 1.74. The van der Waals surface area contributed by atoms with Gasteiger partial charge in [-0.3, -0.25) is 0 Å². The van der Waals surface area contributed by atoms with Crippen LogP contribution in [0.3, 0.4) is 0 Å². The van der Waals surface area contributed by atoms with Crippen molar-refractivity contribution in [2.75, 3.05) is 13.7 Å². The van der Waals surface area contributed by atoms with E-state index in [9.17, 15) is 0 Å². The Hall–Kier alpha value is -0.940. The summed E-state index contributed by atoms with van der Waals surface area (Å²) in [6.07, 6.45) is 4.89. The number of methoxy groups -OCH3 is 1. The molecule has 2 atom stereocenters. The highest BCUT2D eigenvalue weighted by Gasteiger charge is 2.31. The monoisotopic (exact) mass is 223 g/mol. The fourth-order valence-electron chi connectivity index (χ4n) is 2.29. The lowest BCUT2D eigenvalue weighted by Gasteiger charge is -2.21. The van der Waals surface area contributed by atoms with E-state index in [1.807, 2.05) is 0 Å². The van der Waals surface area contributed by atoms with E-state index in [0.29, 0.717) is 5.92 Å². The molecule has 1 aromatic rings. The third-order valence-corrected chi connectivity index (χ3v) is 3.65. The van der Waals surface area contributed by atoms with Crippen molar-refractivity contribution in [2.45, 2.75) is 43.7 Å². The molecule has 3 rings (SSSR count). The normalized spacial score (nSPS) is 30.6. The number of hydrogen-bond donors (Lipinski definition) is 1. The van der Waals surface area contributed by atoms with Crippen LogP contribution in [0.4, 0.5) is 0 Å². The summed E-state index contributed by atoms with van der Waals surface area (Å²) in [5.41, 5.74) is 0. The Morgan fingerprint density at radius 1 is 1.44 bits per heavy atom. The van der Waals surface area contributed by atoms with Gasteiger partial charge in [-0.05, 0) is 19.3 Å². The first-order valence-corrected chi connectivity index (χ1v) is 5.96. The molecule has 1 saturated heterocycles. The number of ether oxygens (including phenoxy) is 1. The van der Waals surface area contributed by atoms with Gasteiger partial charge >= 0.3 is 0 Å². The molecule has 5 heteroatoms. The topological polar surface area (TPSA) is 60.2 Å². The van der Waals surface area contributed by atoms with Gasteiger partial charge in [0.25, 0.3) is 0 Å². The number of nitrogens with one attached hydrogen (secondary N) is 1. The lowest BCUT2D eigenvalue weighted by atomic mass is 9.85. The first-order chi connectivity index (χ1) is 7.86. The van der Waals surface area contributed by atoms with Crippen LogP contribution in [-0.4, -0.2) is 29.9 Å². The minimum atomic E-state index is 0.172. The summed E-state index contributed by atoms with van der Waals surface area (Å²) in [6.45, 7) is 0.863. The lowest BCUT2D eigenvalue weighted by molar-refractivity contribution is 0.116. The van der Waals surface area contributed by atoms with Gasteiger partial charge in [0.2, 0.25) is 5.89 Å². The van der Waals surface area contributed by atoms with Crippen molar-refractivity contribution in [3.63, 3.8) is 0 Å². The van der Waals surface area contributed by atoms with Crippen molar-refractivity contribution < 1.29 is 9.26 Å². The molecule has 0 radical (unpaired) electrons. The van der Waals surface area contributed by atoms with Crippen LogP contribution in [0.15, 0.2) is 4.52 Å². The molecule has 1 N–H and O–H groups in total. The van der Waals surface area contributed by atoms with Gasteiger partial charge in [-0.1, -0.05) is 11.6 Å². The number of rotatable bonds is 3. The molecule has 88 valence electrons. The van der Waals surface area contributed by atoms with E-state index in [-0.39, 0.29) is 12.1 Å². The van der Waals surface area contributed by atoms with Crippen molar-refractivity contribution >= 4 is 0 Å². The van der Waals surface area contributed by atoms with Gasteiger partial charge in [0, 0.05) is 19.6 Å². The molecular weight excluding hydrogens is 206 g/mol. The molecule has 5 nitrogen and oxygen atoms in total. The fourth-order valence-corrected chi connectivity index (χ4v) is 2.29. The predicted octanol–water partition coefficient (Wildman–Crippen LogP) is 1.39. The van der Waals surface area contributed by atoms with Gasteiger partial charge in [0.15, 0.2) is 5.82 Å². The number of hydrogen-bond acceptors (Lipinski definition) is 5. The Bertz CT molecular complexity index is 362. The van der Waals surface area contributed by atoms with Crippen LogP contribution < -0.4 is 5.32 Å². The van der Waals surface area contributed by atoms with Crippen LogP contribution in [0.5, 0.6) is 0 Å². The first-order valence-electron chi connectivity index (χ1n) is 5.96. The minimum absolute atomic E-state index is 0.172. The molecule has 1 aromatic heterocycles. The highest BCUT2D eigenvalue weighted by Crippen LogP contribution is 2.35. The standard InChI is InChI=1S/C11H17N3O2/c1-15-8-5-9(12-6-8)11-13-10(14-16-11)7-3-2-4-7/h7-9,12H,2-6H2,1H3/t8-,9+/m0/s1. The molecule has 1 aliphatic carbocycles. The zero-order chi connectivity index (χ0) is 11.0. The van der Waals surface area contributed by atoms with Crippen molar-refractivity contribution in [3.05, 3.63) is 11.7 Å². The van der Waals surface area contributed by atoms with E-state index < -0.39 is 0 Å². The summed E-state index contributed by atoms with van der Waals surface area (Å²) in [5, 5.41) is 7.41. The Labute approximate surface area is 94.6 Å². The van der Waals surface area contributed by atoms with Gasteiger partial charge < -0.3 is 14.6 Å². The molecular formula is C11H17N3O2. The molecule has 0 unspecified atom stereocenters. The van der Waals surface area contributed by atoms with Crippen LogP contribution >= 0.6 is 0 Å². The van der Waals surface area contributed by atoms with E-state index in [1.165, 1.54) is 19.3 Å². The summed E-state index contributed by atoms with van der Waals surface area (Å²) < 4.78 is 10.6. The number of aromatic nitrogens is 2. The summed E-state index contributed by atoms with van der Waals surface area (Å²) in [4.78, 5) is 4.49. The average Bonchev–Trinajstić information content (AvgIpc) is 2.81. The van der Waals surface area contributed by atoms with Gasteiger partial charge in [-0.25, -0.2) is 0 Å². The quantitative estimate of drug-likeness (QED) is 0.839.